The molecule has 1 aliphatic rings. The number of alkyl halides is 3. The quantitative estimate of drug-likeness (QED) is 0.615. The van der Waals surface area contributed by atoms with Gasteiger partial charge in [0.2, 0.25) is 11.8 Å². The van der Waals surface area contributed by atoms with Crippen molar-refractivity contribution in [2.75, 3.05) is 13.1 Å². The lowest BCUT2D eigenvalue weighted by Gasteiger charge is -2.26. The molecule has 1 fully saturated rings. The molecular weight excluding hydrogens is 437 g/mol. The van der Waals surface area contributed by atoms with Crippen LogP contribution < -0.4 is 11.0 Å². The van der Waals surface area contributed by atoms with Crippen molar-refractivity contribution in [1.82, 2.24) is 19.4 Å². The van der Waals surface area contributed by atoms with Crippen LogP contribution in [0.25, 0.3) is 11.0 Å². The van der Waals surface area contributed by atoms with Crippen LogP contribution in [-0.4, -0.2) is 38.9 Å². The van der Waals surface area contributed by atoms with Gasteiger partial charge in [-0.25, -0.2) is 4.79 Å². The summed E-state index contributed by atoms with van der Waals surface area (Å²) in [4.78, 5) is 39.2. The van der Waals surface area contributed by atoms with Crippen LogP contribution in [0.2, 0.25) is 0 Å². The zero-order valence-electron chi connectivity index (χ0n) is 17.9. The van der Waals surface area contributed by atoms with E-state index in [1.807, 2.05) is 0 Å². The van der Waals surface area contributed by atoms with Gasteiger partial charge in [-0.2, -0.15) is 13.2 Å². The summed E-state index contributed by atoms with van der Waals surface area (Å²) in [6.45, 7) is 0.229. The summed E-state index contributed by atoms with van der Waals surface area (Å²) in [7, 11) is 1.60. The van der Waals surface area contributed by atoms with E-state index in [4.69, 9.17) is 0 Å². The Balaban J connectivity index is 1.62. The Morgan fingerprint density at radius 2 is 1.82 bits per heavy atom. The van der Waals surface area contributed by atoms with Gasteiger partial charge < -0.3 is 10.2 Å². The second-order valence-electron chi connectivity index (χ2n) is 8.10. The minimum absolute atomic E-state index is 0.0519. The second kappa shape index (κ2) is 8.76. The molecule has 10 heteroatoms. The van der Waals surface area contributed by atoms with Crippen LogP contribution in [0, 0.1) is 0 Å². The first-order valence-electron chi connectivity index (χ1n) is 10.5. The summed E-state index contributed by atoms with van der Waals surface area (Å²) in [6.07, 6.45) is -3.51. The van der Waals surface area contributed by atoms with Crippen molar-refractivity contribution < 1.29 is 22.8 Å². The average Bonchev–Trinajstić information content (AvgIpc) is 3.29. The van der Waals surface area contributed by atoms with Crippen molar-refractivity contribution in [3.8, 4) is 0 Å². The van der Waals surface area contributed by atoms with Gasteiger partial charge in [-0.3, -0.25) is 18.7 Å². The van der Waals surface area contributed by atoms with Crippen LogP contribution in [0.5, 0.6) is 0 Å². The molecule has 7 nitrogen and oxygen atoms in total. The van der Waals surface area contributed by atoms with E-state index in [1.165, 1.54) is 26.2 Å². The second-order valence-corrected chi connectivity index (χ2v) is 8.10. The third-order valence-corrected chi connectivity index (χ3v) is 5.88. The number of para-hydroxylation sites is 2. The van der Waals surface area contributed by atoms with Gasteiger partial charge in [-0.15, -0.1) is 0 Å². The van der Waals surface area contributed by atoms with Crippen molar-refractivity contribution in [3.05, 3.63) is 70.1 Å². The smallest absolute Gasteiger partial charge is 0.346 e. The van der Waals surface area contributed by atoms with Gasteiger partial charge in [0.15, 0.2) is 0 Å². The highest BCUT2D eigenvalue weighted by molar-refractivity contribution is 5.81. The third kappa shape index (κ3) is 4.64. The van der Waals surface area contributed by atoms with E-state index in [2.05, 4.69) is 5.32 Å². The molecule has 3 aromatic rings. The van der Waals surface area contributed by atoms with E-state index in [9.17, 15) is 27.6 Å². The Labute approximate surface area is 187 Å². The van der Waals surface area contributed by atoms with Gasteiger partial charge in [-0.05, 0) is 36.2 Å². The van der Waals surface area contributed by atoms with E-state index in [-0.39, 0.29) is 30.2 Å². The molecule has 0 spiro atoms. The van der Waals surface area contributed by atoms with E-state index in [0.29, 0.717) is 30.4 Å². The number of aromatic nitrogens is 2. The maximum absolute atomic E-state index is 13.3. The molecule has 1 N–H and O–H groups in total. The van der Waals surface area contributed by atoms with Gasteiger partial charge in [-0.1, -0.05) is 24.3 Å². The third-order valence-electron chi connectivity index (χ3n) is 5.88. The largest absolute Gasteiger partial charge is 0.416 e. The number of hydrogen-bond donors (Lipinski definition) is 1. The summed E-state index contributed by atoms with van der Waals surface area (Å²) >= 11 is 0. The summed E-state index contributed by atoms with van der Waals surface area (Å²) in [5, 5.41) is 2.74. The first-order chi connectivity index (χ1) is 15.6. The van der Waals surface area contributed by atoms with Crippen molar-refractivity contribution in [1.29, 1.82) is 0 Å². The Hall–Kier alpha value is -3.56. The summed E-state index contributed by atoms with van der Waals surface area (Å²) in [6, 6.07) is 10.9. The van der Waals surface area contributed by atoms with Crippen LogP contribution in [-0.2, 0) is 29.4 Å². The molecule has 1 atom stereocenters. The SMILES string of the molecule is Cn1c(=O)n(CC(=O)N[C@H](CN2CCCC2=O)c2cccc(C(F)(F)F)c2)c2ccccc21. The van der Waals surface area contributed by atoms with Crippen LogP contribution in [0.3, 0.4) is 0 Å². The number of imidazole rings is 1. The fraction of sp³-hybridized carbons (Fsp3) is 0.348. The molecule has 33 heavy (non-hydrogen) atoms. The lowest BCUT2D eigenvalue weighted by molar-refractivity contribution is -0.137. The molecule has 0 radical (unpaired) electrons. The molecular formula is C23H23F3N4O3. The average molecular weight is 460 g/mol. The van der Waals surface area contributed by atoms with Crippen LogP contribution in [0.4, 0.5) is 13.2 Å². The molecule has 0 bridgehead atoms. The number of carbonyl (C=O) groups is 2. The van der Waals surface area contributed by atoms with Crippen LogP contribution >= 0.6 is 0 Å². The molecule has 0 saturated carbocycles. The highest BCUT2D eigenvalue weighted by Crippen LogP contribution is 2.31. The van der Waals surface area contributed by atoms with E-state index in [1.54, 1.807) is 31.3 Å². The number of rotatable bonds is 6. The minimum Gasteiger partial charge on any atom is -0.346 e. The first kappa shape index (κ1) is 22.6. The van der Waals surface area contributed by atoms with Gasteiger partial charge >= 0.3 is 11.9 Å². The number of nitrogens with zero attached hydrogens (tertiary/aromatic N) is 3. The maximum atomic E-state index is 13.3. The predicted molar refractivity (Wildman–Crippen MR) is 115 cm³/mol. The topological polar surface area (TPSA) is 76.3 Å². The molecule has 4 rings (SSSR count). The molecule has 2 heterocycles. The normalized spacial score (nSPS) is 15.3. The Morgan fingerprint density at radius 3 is 2.48 bits per heavy atom. The zero-order valence-corrected chi connectivity index (χ0v) is 17.9. The van der Waals surface area contributed by atoms with Gasteiger partial charge in [0.1, 0.15) is 6.54 Å². The van der Waals surface area contributed by atoms with Crippen molar-refractivity contribution in [3.63, 3.8) is 0 Å². The monoisotopic (exact) mass is 460 g/mol. The molecule has 2 amide bonds. The van der Waals surface area contributed by atoms with Gasteiger partial charge in [0.25, 0.3) is 0 Å². The van der Waals surface area contributed by atoms with Crippen LogP contribution in [0.15, 0.2) is 53.3 Å². The highest BCUT2D eigenvalue weighted by atomic mass is 19.4. The van der Waals surface area contributed by atoms with Gasteiger partial charge in [0, 0.05) is 26.6 Å². The Morgan fingerprint density at radius 1 is 1.09 bits per heavy atom. The maximum Gasteiger partial charge on any atom is 0.416 e. The zero-order chi connectivity index (χ0) is 23.8. The number of aryl methyl sites for hydroxylation is 1. The van der Waals surface area contributed by atoms with Crippen molar-refractivity contribution in [2.24, 2.45) is 7.05 Å². The standard InChI is InChI=1S/C23H23F3N4O3/c1-28-18-8-2-3-9-19(18)30(22(28)33)14-20(31)27-17(13-29-11-5-10-21(29)32)15-6-4-7-16(12-15)23(24,25)26/h2-4,6-9,12,17H,5,10-11,13-14H2,1H3,(H,27,31)/t17-/m1/s1. The summed E-state index contributed by atoms with van der Waals surface area (Å²) in [5.74, 6) is -0.644. The van der Waals surface area contributed by atoms with E-state index >= 15 is 0 Å². The van der Waals surface area contributed by atoms with E-state index < -0.39 is 23.7 Å². The van der Waals surface area contributed by atoms with Crippen LogP contribution in [0.1, 0.15) is 30.0 Å². The number of nitrogens with one attached hydrogen (secondary N) is 1. The molecule has 0 aliphatic carbocycles. The fourth-order valence-corrected chi connectivity index (χ4v) is 4.18. The van der Waals surface area contributed by atoms with Gasteiger partial charge in [0.05, 0.1) is 22.6 Å². The molecule has 1 saturated heterocycles. The summed E-state index contributed by atoms with van der Waals surface area (Å²) < 4.78 is 42.5. The predicted octanol–water partition coefficient (Wildman–Crippen LogP) is 2.84. The molecule has 1 aromatic heterocycles. The number of hydrogen-bond acceptors (Lipinski definition) is 3. The highest BCUT2D eigenvalue weighted by Gasteiger charge is 2.32. The van der Waals surface area contributed by atoms with Crippen molar-refractivity contribution >= 4 is 22.8 Å². The number of amides is 2. The summed E-state index contributed by atoms with van der Waals surface area (Å²) in [5.41, 5.74) is 0.259. The Kier molecular flexibility index (Phi) is 6.01. The number of carbonyl (C=O) groups excluding carboxylic acids is 2. The number of fused-ring (bicyclic) bond motifs is 1. The molecule has 174 valence electrons. The molecule has 2 aromatic carbocycles. The molecule has 0 unspecified atom stereocenters. The number of halogens is 3. The number of likely N-dealkylation sites (tertiary alicyclic amines) is 1. The molecule has 1 aliphatic heterocycles. The van der Waals surface area contributed by atoms with E-state index in [0.717, 1.165) is 12.1 Å². The number of benzene rings is 2. The fourth-order valence-electron chi connectivity index (χ4n) is 4.18. The minimum atomic E-state index is -4.54. The lowest BCUT2D eigenvalue weighted by atomic mass is 10.0. The first-order valence-corrected chi connectivity index (χ1v) is 10.5. The van der Waals surface area contributed by atoms with Crippen molar-refractivity contribution in [2.45, 2.75) is 31.6 Å². The lowest BCUT2D eigenvalue weighted by Crippen LogP contribution is -2.41. The Bertz CT molecular complexity index is 1260.